The molecule has 10 nitrogen and oxygen atoms in total. The molecule has 0 saturated carbocycles. The zero-order chi connectivity index (χ0) is 25.7. The van der Waals surface area contributed by atoms with Gasteiger partial charge < -0.3 is 14.4 Å². The maximum atomic E-state index is 13.1. The summed E-state index contributed by atoms with van der Waals surface area (Å²) < 4.78 is 12.0. The average Bonchev–Trinajstić information content (AvgIpc) is 3.08. The second kappa shape index (κ2) is 11.3. The average molecular weight is 512 g/mol. The van der Waals surface area contributed by atoms with Crippen LogP contribution in [0.15, 0.2) is 53.6 Å². The third-order valence-electron chi connectivity index (χ3n) is 5.82. The van der Waals surface area contributed by atoms with Gasteiger partial charge in [0.15, 0.2) is 5.78 Å². The van der Waals surface area contributed by atoms with E-state index in [0.29, 0.717) is 27.9 Å². The first kappa shape index (κ1) is 25.3. The van der Waals surface area contributed by atoms with Crippen molar-refractivity contribution in [2.75, 3.05) is 33.4 Å². The third-order valence-corrected chi connectivity index (χ3v) is 6.06. The topological polar surface area (TPSA) is 116 Å². The van der Waals surface area contributed by atoms with Gasteiger partial charge in [-0.25, -0.2) is 9.78 Å². The fourth-order valence-electron chi connectivity index (χ4n) is 4.04. The van der Waals surface area contributed by atoms with E-state index in [0.717, 1.165) is 5.56 Å². The van der Waals surface area contributed by atoms with Crippen molar-refractivity contribution in [1.29, 1.82) is 0 Å². The van der Waals surface area contributed by atoms with Gasteiger partial charge in [0.05, 0.1) is 37.6 Å². The van der Waals surface area contributed by atoms with Gasteiger partial charge in [0.25, 0.3) is 5.56 Å². The number of halogens is 1. The normalized spacial score (nSPS) is 15.1. The molecule has 4 rings (SSSR count). The summed E-state index contributed by atoms with van der Waals surface area (Å²) in [6.45, 7) is 2.53. The van der Waals surface area contributed by atoms with Gasteiger partial charge in [0.1, 0.15) is 11.6 Å². The van der Waals surface area contributed by atoms with Gasteiger partial charge in [-0.15, -0.1) is 0 Å². The van der Waals surface area contributed by atoms with Gasteiger partial charge in [-0.2, -0.15) is 0 Å². The van der Waals surface area contributed by atoms with Gasteiger partial charge >= 0.3 is 6.09 Å². The number of ether oxygens (including phenoxy) is 2. The third kappa shape index (κ3) is 5.55. The number of hydrogen-bond acceptors (Lipinski definition) is 8. The Hall–Kier alpha value is -3.76. The fourth-order valence-corrected chi connectivity index (χ4v) is 4.20. The van der Waals surface area contributed by atoms with Gasteiger partial charge in [0.2, 0.25) is 0 Å². The summed E-state index contributed by atoms with van der Waals surface area (Å²) in [5, 5.41) is 3.64. The maximum Gasteiger partial charge on any atom is 0.409 e. The van der Waals surface area contributed by atoms with Crippen LogP contribution in [0.3, 0.4) is 0 Å². The number of fused-ring (bicyclic) bond motifs is 1. The summed E-state index contributed by atoms with van der Waals surface area (Å²) >= 11 is 6.02. The number of benzene rings is 1. The first-order chi connectivity index (χ1) is 17.4. The number of nitrogens with one attached hydrogen (secondary N) is 1. The van der Waals surface area contributed by atoms with Crippen LogP contribution in [0.2, 0.25) is 5.02 Å². The SMILES string of the molecule is CCOC(=O)N1CCn2c(nc(-c3ccncc3)cc2=O)C(NCC(=O)c2ccc(Cl)cc2OC)C1. The Morgan fingerprint density at radius 1 is 1.17 bits per heavy atom. The molecule has 3 aromatic rings. The molecule has 0 spiro atoms. The Kier molecular flexibility index (Phi) is 7.97. The van der Waals surface area contributed by atoms with Crippen LogP contribution in [0.5, 0.6) is 5.75 Å². The molecule has 1 aromatic carbocycles. The van der Waals surface area contributed by atoms with Crippen molar-refractivity contribution in [2.24, 2.45) is 0 Å². The highest BCUT2D eigenvalue weighted by molar-refractivity contribution is 6.30. The van der Waals surface area contributed by atoms with E-state index in [9.17, 15) is 14.4 Å². The van der Waals surface area contributed by atoms with E-state index < -0.39 is 12.1 Å². The van der Waals surface area contributed by atoms with Crippen LogP contribution in [0.1, 0.15) is 29.1 Å². The summed E-state index contributed by atoms with van der Waals surface area (Å²) in [6, 6.07) is 9.15. The Labute approximate surface area is 212 Å². The number of aromatic nitrogens is 3. The Balaban J connectivity index is 1.68. The predicted octanol–water partition coefficient (Wildman–Crippen LogP) is 2.95. The smallest absolute Gasteiger partial charge is 0.409 e. The number of methoxy groups -OCH3 is 1. The molecular weight excluding hydrogens is 486 g/mol. The first-order valence-electron chi connectivity index (χ1n) is 11.4. The van der Waals surface area contributed by atoms with E-state index in [4.69, 9.17) is 26.1 Å². The van der Waals surface area contributed by atoms with Crippen molar-refractivity contribution < 1.29 is 19.1 Å². The van der Waals surface area contributed by atoms with E-state index in [-0.39, 0.29) is 44.1 Å². The van der Waals surface area contributed by atoms with Gasteiger partial charge in [0, 0.05) is 48.7 Å². The maximum absolute atomic E-state index is 13.1. The molecule has 1 amide bonds. The Morgan fingerprint density at radius 2 is 1.94 bits per heavy atom. The molecule has 3 heterocycles. The molecule has 0 fully saturated rings. The van der Waals surface area contributed by atoms with Crippen LogP contribution in [0, 0.1) is 0 Å². The second-order valence-corrected chi connectivity index (χ2v) is 8.51. The summed E-state index contributed by atoms with van der Waals surface area (Å²) in [4.78, 5) is 49.0. The summed E-state index contributed by atoms with van der Waals surface area (Å²) in [7, 11) is 1.46. The molecule has 0 radical (unpaired) electrons. The van der Waals surface area contributed by atoms with Crippen LogP contribution >= 0.6 is 11.6 Å². The van der Waals surface area contributed by atoms with Gasteiger partial charge in [-0.05, 0) is 37.3 Å². The predicted molar refractivity (Wildman–Crippen MR) is 133 cm³/mol. The molecule has 1 aliphatic rings. The number of hydrogen-bond donors (Lipinski definition) is 1. The van der Waals surface area contributed by atoms with Crippen molar-refractivity contribution in [3.8, 4) is 17.0 Å². The molecule has 0 bridgehead atoms. The van der Waals surface area contributed by atoms with Crippen molar-refractivity contribution in [3.05, 3.63) is 75.6 Å². The second-order valence-electron chi connectivity index (χ2n) is 8.07. The van der Waals surface area contributed by atoms with E-state index in [1.165, 1.54) is 22.6 Å². The Morgan fingerprint density at radius 3 is 2.67 bits per heavy atom. The number of carbonyl (C=O) groups is 2. The van der Waals surface area contributed by atoms with Crippen LogP contribution in [0.4, 0.5) is 4.79 Å². The summed E-state index contributed by atoms with van der Waals surface area (Å²) in [6.07, 6.45) is 2.75. The molecule has 11 heteroatoms. The highest BCUT2D eigenvalue weighted by atomic mass is 35.5. The van der Waals surface area contributed by atoms with Crippen molar-refractivity contribution in [1.82, 2.24) is 24.8 Å². The molecule has 1 atom stereocenters. The lowest BCUT2D eigenvalue weighted by Gasteiger charge is -2.24. The first-order valence-corrected chi connectivity index (χ1v) is 11.8. The molecule has 2 aromatic heterocycles. The van der Waals surface area contributed by atoms with Crippen LogP contribution in [-0.4, -0.2) is 64.7 Å². The monoisotopic (exact) mass is 511 g/mol. The quantitative estimate of drug-likeness (QED) is 0.481. The zero-order valence-electron chi connectivity index (χ0n) is 19.9. The highest BCUT2D eigenvalue weighted by Gasteiger charge is 2.29. The zero-order valence-corrected chi connectivity index (χ0v) is 20.7. The lowest BCUT2D eigenvalue weighted by atomic mass is 10.1. The lowest BCUT2D eigenvalue weighted by Crippen LogP contribution is -2.40. The molecule has 0 saturated heterocycles. The molecule has 1 unspecified atom stereocenters. The fraction of sp³-hybridized carbons (Fsp3) is 0.320. The van der Waals surface area contributed by atoms with Gasteiger partial charge in [-0.3, -0.25) is 24.5 Å². The standard InChI is InChI=1S/C25H26ClN5O5/c1-3-36-25(34)30-10-11-31-23(33)13-19(16-6-8-27-9-7-16)29-24(31)20(15-30)28-14-21(32)18-5-4-17(26)12-22(18)35-2/h4-9,12-13,20,28H,3,10-11,14-15H2,1-2H3. The van der Waals surface area contributed by atoms with Crippen molar-refractivity contribution in [3.63, 3.8) is 0 Å². The van der Waals surface area contributed by atoms with E-state index >= 15 is 0 Å². The number of carbonyl (C=O) groups excluding carboxylic acids is 2. The van der Waals surface area contributed by atoms with Crippen molar-refractivity contribution in [2.45, 2.75) is 19.5 Å². The minimum absolute atomic E-state index is 0.0886. The molecule has 0 aliphatic carbocycles. The number of amides is 1. The minimum Gasteiger partial charge on any atom is -0.496 e. The van der Waals surface area contributed by atoms with Crippen molar-refractivity contribution >= 4 is 23.5 Å². The lowest BCUT2D eigenvalue weighted by molar-refractivity contribution is 0.0971. The minimum atomic E-state index is -0.617. The molecule has 1 N–H and O–H groups in total. The van der Waals surface area contributed by atoms with Crippen LogP contribution in [0.25, 0.3) is 11.3 Å². The van der Waals surface area contributed by atoms with E-state index in [2.05, 4.69) is 10.3 Å². The number of nitrogens with zero attached hydrogens (tertiary/aromatic N) is 4. The molecule has 188 valence electrons. The number of pyridine rings is 1. The number of rotatable bonds is 7. The summed E-state index contributed by atoms with van der Waals surface area (Å²) in [5.74, 6) is 0.546. The van der Waals surface area contributed by atoms with Gasteiger partial charge in [-0.1, -0.05) is 11.6 Å². The highest BCUT2D eigenvalue weighted by Crippen LogP contribution is 2.24. The van der Waals surface area contributed by atoms with E-state index in [1.807, 2.05) is 0 Å². The molecule has 1 aliphatic heterocycles. The molecule has 36 heavy (non-hydrogen) atoms. The summed E-state index contributed by atoms with van der Waals surface area (Å²) in [5.41, 5.74) is 1.32. The van der Waals surface area contributed by atoms with Crippen LogP contribution in [-0.2, 0) is 11.3 Å². The van der Waals surface area contributed by atoms with E-state index in [1.54, 1.807) is 49.6 Å². The van der Waals surface area contributed by atoms with Crippen LogP contribution < -0.4 is 15.6 Å². The Bertz CT molecular complexity index is 1310. The number of ketones is 1. The largest absolute Gasteiger partial charge is 0.496 e. The molecular formula is C25H26ClN5O5. The number of Topliss-reactive ketones (excluding diaryl/α,β-unsaturated/α-hetero) is 1.